The molecule has 0 saturated heterocycles. The molecule has 17 heavy (non-hydrogen) atoms. The van der Waals surface area contributed by atoms with E-state index in [1.165, 1.54) is 16.0 Å². The Bertz CT molecular complexity index is 732. The van der Waals surface area contributed by atoms with Gasteiger partial charge >= 0.3 is 0 Å². The van der Waals surface area contributed by atoms with Crippen molar-refractivity contribution in [3.05, 3.63) is 56.4 Å². The van der Waals surface area contributed by atoms with E-state index in [0.717, 1.165) is 10.6 Å². The van der Waals surface area contributed by atoms with E-state index in [2.05, 4.69) is 15.7 Å². The number of H-pyrrole nitrogens is 1. The highest BCUT2D eigenvalue weighted by Gasteiger charge is 2.07. The van der Waals surface area contributed by atoms with E-state index < -0.39 is 0 Å². The number of halogens is 1. The second-order valence-corrected chi connectivity index (χ2v) is 3.94. The molecule has 0 saturated carbocycles. The number of hydrogen-bond acceptors (Lipinski definition) is 4. The van der Waals surface area contributed by atoms with Gasteiger partial charge in [-0.1, -0.05) is 11.6 Å². The quantitative estimate of drug-likeness (QED) is 0.700. The van der Waals surface area contributed by atoms with Crippen LogP contribution in [0.25, 0.3) is 6.20 Å². The van der Waals surface area contributed by atoms with Crippen LogP contribution in [0.3, 0.4) is 0 Å². The number of hydrazine groups is 1. The van der Waals surface area contributed by atoms with E-state index in [1.54, 1.807) is 24.5 Å². The van der Waals surface area contributed by atoms with Crippen molar-refractivity contribution in [2.45, 2.75) is 0 Å². The molecule has 86 valence electrons. The summed E-state index contributed by atoms with van der Waals surface area (Å²) in [6.45, 7) is 0. The van der Waals surface area contributed by atoms with Gasteiger partial charge in [-0.25, -0.2) is 0 Å². The van der Waals surface area contributed by atoms with Gasteiger partial charge in [-0.05, 0) is 18.2 Å². The first-order valence-electron chi connectivity index (χ1n) is 4.91. The minimum absolute atomic E-state index is 0.179. The first-order chi connectivity index (χ1) is 8.24. The van der Waals surface area contributed by atoms with Crippen LogP contribution in [0, 0.1) is 0 Å². The van der Waals surface area contributed by atoms with Gasteiger partial charge in [0.2, 0.25) is 0 Å². The molecule has 1 aromatic carbocycles. The second kappa shape index (κ2) is 3.67. The summed E-state index contributed by atoms with van der Waals surface area (Å²) in [7, 11) is 0. The van der Waals surface area contributed by atoms with E-state index in [9.17, 15) is 4.79 Å². The Morgan fingerprint density at radius 1 is 1.29 bits per heavy atom. The molecular formula is C10H8ClN5O. The van der Waals surface area contributed by atoms with Crippen LogP contribution in [0.15, 0.2) is 40.4 Å². The molecule has 0 spiro atoms. The van der Waals surface area contributed by atoms with Crippen LogP contribution in [0.4, 0.5) is 0 Å². The monoisotopic (exact) mass is 249 g/mol. The van der Waals surface area contributed by atoms with Gasteiger partial charge in [0, 0.05) is 22.5 Å². The van der Waals surface area contributed by atoms with E-state index >= 15 is 0 Å². The van der Waals surface area contributed by atoms with Gasteiger partial charge in [0.25, 0.3) is 5.56 Å². The number of benzene rings is 1. The minimum Gasteiger partial charge on any atom is -0.282 e. The molecule has 2 aromatic rings. The van der Waals surface area contributed by atoms with Crippen LogP contribution < -0.4 is 26.8 Å². The molecule has 0 amide bonds. The van der Waals surface area contributed by atoms with Gasteiger partial charge in [0.05, 0.1) is 11.6 Å². The second-order valence-electron chi connectivity index (χ2n) is 3.50. The highest BCUT2D eigenvalue weighted by atomic mass is 35.5. The number of hydrogen-bond donors (Lipinski definition) is 2. The molecule has 0 bridgehead atoms. The number of fused-ring (bicyclic) bond motifs is 1. The van der Waals surface area contributed by atoms with Crippen molar-refractivity contribution in [2.24, 2.45) is 5.10 Å². The fourth-order valence-electron chi connectivity index (χ4n) is 1.57. The standard InChI is InChI=1S/C10H8ClN5O/c11-8-2-1-7-6-15(14-13-9(7)5-8)16-10(17)3-4-12-16/h1-6,12,14H. The van der Waals surface area contributed by atoms with Crippen molar-refractivity contribution in [1.82, 2.24) is 15.4 Å². The van der Waals surface area contributed by atoms with Crippen molar-refractivity contribution >= 4 is 17.8 Å². The average molecular weight is 250 g/mol. The summed E-state index contributed by atoms with van der Waals surface area (Å²) in [6.07, 6.45) is 3.30. The third kappa shape index (κ3) is 1.68. The molecule has 0 radical (unpaired) electrons. The lowest BCUT2D eigenvalue weighted by molar-refractivity contribution is 0.514. The predicted octanol–water partition coefficient (Wildman–Crippen LogP) is -0.741. The molecule has 2 heterocycles. The molecule has 7 heteroatoms. The number of rotatable bonds is 1. The topological polar surface area (TPSA) is 65.4 Å². The van der Waals surface area contributed by atoms with Crippen molar-refractivity contribution < 1.29 is 0 Å². The summed E-state index contributed by atoms with van der Waals surface area (Å²) in [5.41, 5.74) is 2.54. The lowest BCUT2D eigenvalue weighted by atomic mass is 10.3. The zero-order chi connectivity index (χ0) is 11.8. The van der Waals surface area contributed by atoms with Gasteiger partial charge in [-0.2, -0.15) is 15.8 Å². The van der Waals surface area contributed by atoms with Crippen LogP contribution in [-0.4, -0.2) is 9.89 Å². The van der Waals surface area contributed by atoms with Crippen LogP contribution in [0.1, 0.15) is 0 Å². The fraction of sp³-hybridized carbons (Fsp3) is 0. The lowest BCUT2D eigenvalue weighted by Gasteiger charge is -2.20. The number of aromatic nitrogens is 2. The van der Waals surface area contributed by atoms with Gasteiger partial charge in [-0.15, -0.1) is 4.79 Å². The van der Waals surface area contributed by atoms with Gasteiger partial charge < -0.3 is 0 Å². The van der Waals surface area contributed by atoms with Gasteiger partial charge in [-0.3, -0.25) is 9.89 Å². The van der Waals surface area contributed by atoms with E-state index in [-0.39, 0.29) is 5.56 Å². The van der Waals surface area contributed by atoms with Gasteiger partial charge in [0.1, 0.15) is 0 Å². The Morgan fingerprint density at radius 2 is 2.18 bits per heavy atom. The molecule has 0 fully saturated rings. The highest BCUT2D eigenvalue weighted by molar-refractivity contribution is 6.30. The summed E-state index contributed by atoms with van der Waals surface area (Å²) in [6, 6.07) is 6.78. The minimum atomic E-state index is -0.179. The molecule has 6 nitrogen and oxygen atoms in total. The third-order valence-electron chi connectivity index (χ3n) is 2.37. The van der Waals surface area contributed by atoms with Crippen molar-refractivity contribution in [3.8, 4) is 0 Å². The van der Waals surface area contributed by atoms with E-state index in [4.69, 9.17) is 11.6 Å². The zero-order valence-corrected chi connectivity index (χ0v) is 9.35. The van der Waals surface area contributed by atoms with Crippen molar-refractivity contribution in [2.75, 3.05) is 5.12 Å². The predicted molar refractivity (Wildman–Crippen MR) is 63.1 cm³/mol. The van der Waals surface area contributed by atoms with Crippen molar-refractivity contribution in [1.29, 1.82) is 0 Å². The summed E-state index contributed by atoms with van der Waals surface area (Å²) in [5, 5.41) is 10.6. The molecule has 3 rings (SSSR count). The number of nitrogens with one attached hydrogen (secondary N) is 2. The number of nitrogens with zero attached hydrogens (tertiary/aromatic N) is 3. The Hall–Kier alpha value is -2.21. The molecule has 0 atom stereocenters. The molecule has 2 N–H and O–H groups in total. The SMILES string of the molecule is O=c1cc[nH]n1N1C=c2ccc(Cl)cc2=NN1. The summed E-state index contributed by atoms with van der Waals surface area (Å²) >= 11 is 5.86. The molecule has 0 aliphatic carbocycles. The Kier molecular flexibility index (Phi) is 2.15. The smallest absolute Gasteiger partial charge is 0.282 e. The Labute approximate surface area is 100 Å². The maximum absolute atomic E-state index is 11.5. The summed E-state index contributed by atoms with van der Waals surface area (Å²) < 4.78 is 0. The lowest BCUT2D eigenvalue weighted by Crippen LogP contribution is -2.51. The molecule has 1 aliphatic heterocycles. The largest absolute Gasteiger partial charge is 0.287 e. The molecule has 1 aliphatic rings. The van der Waals surface area contributed by atoms with Crippen LogP contribution >= 0.6 is 11.6 Å². The summed E-state index contributed by atoms with van der Waals surface area (Å²) in [4.78, 5) is 12.7. The van der Waals surface area contributed by atoms with Crippen LogP contribution in [0.5, 0.6) is 0 Å². The van der Waals surface area contributed by atoms with E-state index in [0.29, 0.717) is 5.02 Å². The third-order valence-corrected chi connectivity index (χ3v) is 2.61. The Balaban J connectivity index is 2.13. The fourth-order valence-corrected chi connectivity index (χ4v) is 1.74. The van der Waals surface area contributed by atoms with E-state index in [1.807, 2.05) is 6.07 Å². The molecule has 0 unspecified atom stereocenters. The first-order valence-corrected chi connectivity index (χ1v) is 5.28. The average Bonchev–Trinajstić information content (AvgIpc) is 2.75. The summed E-state index contributed by atoms with van der Waals surface area (Å²) in [5.74, 6) is 0. The maximum Gasteiger partial charge on any atom is 0.287 e. The molecular weight excluding hydrogens is 242 g/mol. The normalized spacial score (nSPS) is 13.4. The van der Waals surface area contributed by atoms with Crippen LogP contribution in [-0.2, 0) is 0 Å². The highest BCUT2D eigenvalue weighted by Crippen LogP contribution is 2.00. The van der Waals surface area contributed by atoms with Crippen LogP contribution in [0.2, 0.25) is 5.02 Å². The maximum atomic E-state index is 11.5. The number of aromatic amines is 1. The first kappa shape index (κ1) is 9.98. The Morgan fingerprint density at radius 3 is 2.94 bits per heavy atom. The van der Waals surface area contributed by atoms with Crippen molar-refractivity contribution in [3.63, 3.8) is 0 Å². The molecule has 1 aromatic heterocycles. The zero-order valence-electron chi connectivity index (χ0n) is 8.59. The van der Waals surface area contributed by atoms with Gasteiger partial charge in [0.15, 0.2) is 0 Å².